The first-order valence-electron chi connectivity index (χ1n) is 15.5. The van der Waals surface area contributed by atoms with Gasteiger partial charge in [-0.25, -0.2) is 4.68 Å². The van der Waals surface area contributed by atoms with Crippen molar-refractivity contribution >= 4 is 17.7 Å². The summed E-state index contributed by atoms with van der Waals surface area (Å²) in [5.74, 6) is -1.51. The van der Waals surface area contributed by atoms with Gasteiger partial charge in [0.05, 0.1) is 5.69 Å². The van der Waals surface area contributed by atoms with Gasteiger partial charge in [-0.05, 0) is 72.9 Å². The molecule has 16 heteroatoms. The lowest BCUT2D eigenvalue weighted by Crippen LogP contribution is -2.41. The summed E-state index contributed by atoms with van der Waals surface area (Å²) >= 11 is 0. The molecular weight excluding hydrogens is 656 g/mol. The summed E-state index contributed by atoms with van der Waals surface area (Å²) in [4.78, 5) is 21.4. The summed E-state index contributed by atoms with van der Waals surface area (Å²) in [6.45, 7) is 5.19. The fourth-order valence-electron chi connectivity index (χ4n) is 6.44. The third-order valence-corrected chi connectivity index (χ3v) is 9.33. The molecule has 4 aromatic rings. The molecule has 4 heterocycles. The van der Waals surface area contributed by atoms with E-state index in [4.69, 9.17) is 10.5 Å². The molecule has 1 spiro atoms. The number of hydrogen-bond acceptors (Lipinski definition) is 8. The molecule has 10 nitrogen and oxygen atoms in total. The molecule has 0 aliphatic carbocycles. The molecule has 0 saturated carbocycles. The minimum absolute atomic E-state index is 0.225. The molecule has 0 amide bonds. The van der Waals surface area contributed by atoms with E-state index < -0.39 is 47.6 Å². The highest BCUT2D eigenvalue weighted by molar-refractivity contribution is 5.74. The minimum atomic E-state index is -5.05. The van der Waals surface area contributed by atoms with E-state index in [1.54, 1.807) is 6.07 Å². The molecule has 2 aromatic carbocycles. The molecule has 6 rings (SSSR count). The largest absolute Gasteiger partial charge is 0.480 e. The topological polar surface area (TPSA) is 131 Å². The Morgan fingerprint density at radius 1 is 1.00 bits per heavy atom. The number of carbonyl (C=O) groups is 1. The number of anilines is 2. The van der Waals surface area contributed by atoms with Gasteiger partial charge in [-0.2, -0.15) is 41.4 Å². The number of alkyl halides is 6. The second-order valence-corrected chi connectivity index (χ2v) is 12.6. The van der Waals surface area contributed by atoms with E-state index in [9.17, 15) is 36.2 Å². The highest BCUT2D eigenvalue weighted by Gasteiger charge is 2.46. The first-order chi connectivity index (χ1) is 23.0. The number of carboxylic acid groups (broad SMARTS) is 1. The fourth-order valence-corrected chi connectivity index (χ4v) is 6.44. The summed E-state index contributed by atoms with van der Waals surface area (Å²) < 4.78 is 91.3. The van der Waals surface area contributed by atoms with Crippen molar-refractivity contribution in [3.8, 4) is 22.7 Å². The second-order valence-electron chi connectivity index (χ2n) is 12.6. The number of halogens is 6. The lowest BCUT2D eigenvalue weighted by Gasteiger charge is -2.39. The maximum atomic E-state index is 14.8. The van der Waals surface area contributed by atoms with Crippen molar-refractivity contribution in [1.29, 1.82) is 0 Å². The van der Waals surface area contributed by atoms with Crippen LogP contribution in [0.3, 0.4) is 0 Å². The molecule has 2 fully saturated rings. The van der Waals surface area contributed by atoms with E-state index in [0.29, 0.717) is 56.1 Å². The number of hydrogen-bond donors (Lipinski definition) is 3. The number of ether oxygens (including phenoxy) is 1. The maximum absolute atomic E-state index is 14.8. The van der Waals surface area contributed by atoms with E-state index in [2.05, 4.69) is 20.4 Å². The van der Waals surface area contributed by atoms with Crippen molar-refractivity contribution in [3.63, 3.8) is 0 Å². The number of benzene rings is 2. The van der Waals surface area contributed by atoms with E-state index >= 15 is 0 Å². The first kappa shape index (κ1) is 34.0. The monoisotopic (exact) mass is 689 g/mol. The van der Waals surface area contributed by atoms with Crippen molar-refractivity contribution in [3.05, 3.63) is 77.1 Å². The van der Waals surface area contributed by atoms with Crippen molar-refractivity contribution in [2.24, 2.45) is 5.41 Å². The Morgan fingerprint density at radius 2 is 1.69 bits per heavy atom. The van der Waals surface area contributed by atoms with Gasteiger partial charge in [0.2, 0.25) is 17.9 Å². The predicted octanol–water partition coefficient (Wildman–Crippen LogP) is 6.26. The molecule has 0 radical (unpaired) electrons. The van der Waals surface area contributed by atoms with Gasteiger partial charge in [0.1, 0.15) is 11.9 Å². The number of piperidine rings is 1. The normalized spacial score (nSPS) is 18.5. The second kappa shape index (κ2) is 12.5. The zero-order valence-electron chi connectivity index (χ0n) is 26.4. The summed E-state index contributed by atoms with van der Waals surface area (Å²) in [5.41, 5.74) is 6.65. The molecular formula is C33H33F6N7O3. The fraction of sp³-hybridized carbons (Fsp3) is 0.394. The Kier molecular flexibility index (Phi) is 8.71. The lowest BCUT2D eigenvalue weighted by molar-refractivity contribution is -0.198. The van der Waals surface area contributed by atoms with Gasteiger partial charge in [-0.1, -0.05) is 30.3 Å². The van der Waals surface area contributed by atoms with Gasteiger partial charge in [-0.15, -0.1) is 0 Å². The zero-order chi connectivity index (χ0) is 35.3. The predicted molar refractivity (Wildman–Crippen MR) is 167 cm³/mol. The highest BCUT2D eigenvalue weighted by atomic mass is 19.4. The molecule has 260 valence electrons. The number of rotatable bonds is 7. The Bertz CT molecular complexity index is 1870. The Hall–Kier alpha value is -4.86. The Morgan fingerprint density at radius 3 is 2.31 bits per heavy atom. The molecule has 2 aromatic heterocycles. The van der Waals surface area contributed by atoms with E-state index in [1.165, 1.54) is 18.2 Å². The van der Waals surface area contributed by atoms with E-state index in [1.807, 2.05) is 30.9 Å². The summed E-state index contributed by atoms with van der Waals surface area (Å²) in [6, 6.07) is 10.7. The molecule has 2 aliphatic heterocycles. The SMILES string of the molecule is Cc1ccc(-c2ccc(C(Oc3cc(N4CCC5(CC4)CN[C@H](C(=O)O)C5)nc(N)n3)C(F)(F)F)c(-n3ccc(C(F)(F)F)n3)c2)cc1C. The van der Waals surface area contributed by atoms with Crippen LogP contribution < -0.4 is 20.7 Å². The molecule has 49 heavy (non-hydrogen) atoms. The van der Waals surface area contributed by atoms with Crippen molar-refractivity contribution in [2.75, 3.05) is 30.3 Å². The van der Waals surface area contributed by atoms with Crippen LogP contribution in [0.4, 0.5) is 38.1 Å². The molecule has 1 unspecified atom stereocenters. The lowest BCUT2D eigenvalue weighted by atomic mass is 9.76. The number of aliphatic carboxylic acids is 1. The average Bonchev–Trinajstić information content (AvgIpc) is 3.69. The Labute approximate surface area is 276 Å². The number of nitrogen functional groups attached to an aromatic ring is 1. The number of aromatic nitrogens is 4. The number of aryl methyl sites for hydroxylation is 2. The summed E-state index contributed by atoms with van der Waals surface area (Å²) in [5, 5.41) is 16.0. The van der Waals surface area contributed by atoms with Gasteiger partial charge in [0, 0.05) is 37.5 Å². The minimum Gasteiger partial charge on any atom is -0.480 e. The first-order valence-corrected chi connectivity index (χ1v) is 15.5. The van der Waals surface area contributed by atoms with Crippen molar-refractivity contribution < 1.29 is 41.0 Å². The van der Waals surface area contributed by atoms with Crippen LogP contribution >= 0.6 is 0 Å². The Balaban J connectivity index is 1.34. The number of nitrogens with two attached hydrogens (primary N) is 1. The van der Waals surface area contributed by atoms with Crippen LogP contribution in [-0.2, 0) is 11.0 Å². The molecule has 4 N–H and O–H groups in total. The summed E-state index contributed by atoms with van der Waals surface area (Å²) in [7, 11) is 0. The standard InChI is InChI=1S/C33H33F6N7O3/c1-18-3-4-20(13-19(18)2)21-5-6-22(24(14-21)46-10-7-25(44-46)32(34,35)36)28(33(37,38)39)49-27-15-26(42-30(40)43-27)45-11-8-31(9-12-45)16-23(29(47)48)41-17-31/h3-7,10,13-15,23,28,41H,8-9,11-12,16-17H2,1-2H3,(H,47,48)(H2,40,42,43)/t23-,28?/m0/s1. The molecule has 2 aliphatic rings. The number of nitrogens with zero attached hydrogens (tertiary/aromatic N) is 5. The van der Waals surface area contributed by atoms with Crippen LogP contribution in [0.2, 0.25) is 0 Å². The van der Waals surface area contributed by atoms with E-state index in [-0.39, 0.29) is 22.9 Å². The van der Waals surface area contributed by atoms with Gasteiger partial charge >= 0.3 is 18.3 Å². The van der Waals surface area contributed by atoms with Gasteiger partial charge < -0.3 is 25.8 Å². The third kappa shape index (κ3) is 7.14. The molecule has 2 saturated heterocycles. The smallest absolute Gasteiger partial charge is 0.435 e. The van der Waals surface area contributed by atoms with Crippen LogP contribution in [0, 0.1) is 19.3 Å². The third-order valence-electron chi connectivity index (χ3n) is 9.33. The van der Waals surface area contributed by atoms with Crippen LogP contribution in [0.5, 0.6) is 5.88 Å². The van der Waals surface area contributed by atoms with Crippen LogP contribution in [-0.4, -0.2) is 62.7 Å². The van der Waals surface area contributed by atoms with Gasteiger partial charge in [-0.3, -0.25) is 4.79 Å². The van der Waals surface area contributed by atoms with Crippen LogP contribution in [0.1, 0.15) is 47.8 Å². The zero-order valence-corrected chi connectivity index (χ0v) is 26.4. The number of carboxylic acids is 1. The van der Waals surface area contributed by atoms with Crippen molar-refractivity contribution in [2.45, 2.75) is 57.6 Å². The summed E-state index contributed by atoms with van der Waals surface area (Å²) in [6.07, 6.45) is -9.91. The highest BCUT2D eigenvalue weighted by Crippen LogP contribution is 2.43. The van der Waals surface area contributed by atoms with Gasteiger partial charge in [0.25, 0.3) is 0 Å². The van der Waals surface area contributed by atoms with Crippen molar-refractivity contribution in [1.82, 2.24) is 25.1 Å². The van der Waals surface area contributed by atoms with Crippen LogP contribution in [0.25, 0.3) is 16.8 Å². The molecule has 0 bridgehead atoms. The molecule has 2 atom stereocenters. The van der Waals surface area contributed by atoms with E-state index in [0.717, 1.165) is 28.1 Å². The van der Waals surface area contributed by atoms with Crippen LogP contribution in [0.15, 0.2) is 54.7 Å². The van der Waals surface area contributed by atoms with Gasteiger partial charge in [0.15, 0.2) is 5.69 Å². The quantitative estimate of drug-likeness (QED) is 0.193. The number of nitrogens with one attached hydrogen (secondary N) is 1. The average molecular weight is 690 g/mol. The maximum Gasteiger partial charge on any atom is 0.435 e.